The van der Waals surface area contributed by atoms with E-state index in [1.54, 1.807) is 12.1 Å². The molecule has 0 aliphatic carbocycles. The lowest BCUT2D eigenvalue weighted by molar-refractivity contribution is -0.136. The lowest BCUT2D eigenvalue weighted by Crippen LogP contribution is -2.36. The van der Waals surface area contributed by atoms with Gasteiger partial charge in [0, 0.05) is 6.54 Å². The van der Waals surface area contributed by atoms with Gasteiger partial charge in [-0.25, -0.2) is 9.59 Å². The summed E-state index contributed by atoms with van der Waals surface area (Å²) in [5.74, 6) is -3.21. The number of esters is 2. The molecule has 0 spiro atoms. The van der Waals surface area contributed by atoms with E-state index in [-0.39, 0.29) is 29.1 Å². The highest BCUT2D eigenvalue weighted by Crippen LogP contribution is 2.19. The van der Waals surface area contributed by atoms with Gasteiger partial charge in [-0.1, -0.05) is 12.1 Å². The first-order valence-electron chi connectivity index (χ1n) is 8.53. The predicted molar refractivity (Wildman–Crippen MR) is 103 cm³/mol. The monoisotopic (exact) mass is 400 g/mol. The summed E-state index contributed by atoms with van der Waals surface area (Å²) < 4.78 is 9.25. The molecule has 0 saturated heterocycles. The van der Waals surface area contributed by atoms with E-state index in [2.05, 4.69) is 20.1 Å². The Morgan fingerprint density at radius 1 is 0.897 bits per heavy atom. The number of phenolic OH excluding ortho intramolecular Hbond substituents is 1. The fourth-order valence-corrected chi connectivity index (χ4v) is 2.42. The zero-order valence-electron chi connectivity index (χ0n) is 15.9. The average Bonchev–Trinajstić information content (AvgIpc) is 2.73. The number of anilines is 1. The maximum absolute atomic E-state index is 12.2. The zero-order chi connectivity index (χ0) is 21.4. The molecule has 0 heterocycles. The number of aromatic hydroxyl groups is 1. The van der Waals surface area contributed by atoms with Crippen molar-refractivity contribution in [1.29, 1.82) is 0 Å². The van der Waals surface area contributed by atoms with Crippen LogP contribution in [-0.4, -0.2) is 49.6 Å². The smallest absolute Gasteiger partial charge is 0.339 e. The number of benzene rings is 2. The van der Waals surface area contributed by atoms with Crippen LogP contribution in [0.25, 0.3) is 0 Å². The van der Waals surface area contributed by atoms with Crippen molar-refractivity contribution < 1.29 is 33.8 Å². The van der Waals surface area contributed by atoms with Gasteiger partial charge in [-0.3, -0.25) is 9.59 Å². The molecule has 152 valence electrons. The second kappa shape index (κ2) is 9.88. The first-order chi connectivity index (χ1) is 13.8. The van der Waals surface area contributed by atoms with Crippen molar-refractivity contribution in [2.24, 2.45) is 0 Å². The number of rotatable bonds is 6. The van der Waals surface area contributed by atoms with Crippen LogP contribution in [0.2, 0.25) is 0 Å². The van der Waals surface area contributed by atoms with Gasteiger partial charge in [-0.05, 0) is 42.3 Å². The number of carbonyl (C=O) groups excluding carboxylic acids is 4. The maximum Gasteiger partial charge on any atom is 0.339 e. The maximum atomic E-state index is 12.2. The SMILES string of the molecule is COC(=O)c1ccc(C(=O)OC)c(NC(=O)C(=O)NCCc2ccc(O)cc2)c1. The highest BCUT2D eigenvalue weighted by Gasteiger charge is 2.20. The largest absolute Gasteiger partial charge is 0.508 e. The standard InChI is InChI=1S/C20H20N2O7/c1-28-19(26)13-5-8-15(20(27)29-2)16(11-13)22-18(25)17(24)21-10-9-12-3-6-14(23)7-4-12/h3-8,11,23H,9-10H2,1-2H3,(H,21,24)(H,22,25). The molecule has 2 aromatic carbocycles. The van der Waals surface area contributed by atoms with Gasteiger partial charge in [0.1, 0.15) is 5.75 Å². The number of ether oxygens (including phenoxy) is 2. The number of hydrogen-bond acceptors (Lipinski definition) is 7. The highest BCUT2D eigenvalue weighted by atomic mass is 16.5. The third-order valence-electron chi connectivity index (χ3n) is 3.94. The topological polar surface area (TPSA) is 131 Å². The van der Waals surface area contributed by atoms with Gasteiger partial charge in [-0.2, -0.15) is 0 Å². The molecular weight excluding hydrogens is 380 g/mol. The molecule has 0 saturated carbocycles. The molecule has 2 amide bonds. The minimum Gasteiger partial charge on any atom is -0.508 e. The van der Waals surface area contributed by atoms with E-state index < -0.39 is 23.8 Å². The van der Waals surface area contributed by atoms with Crippen molar-refractivity contribution in [2.75, 3.05) is 26.1 Å². The molecule has 2 rings (SSSR count). The minimum atomic E-state index is -1.01. The number of amides is 2. The molecular formula is C20H20N2O7. The van der Waals surface area contributed by atoms with Crippen molar-refractivity contribution in [1.82, 2.24) is 5.32 Å². The summed E-state index contributed by atoms with van der Waals surface area (Å²) in [5.41, 5.74) is 0.870. The van der Waals surface area contributed by atoms with Crippen LogP contribution in [0.15, 0.2) is 42.5 Å². The average molecular weight is 400 g/mol. The minimum absolute atomic E-state index is 0.0228. The molecule has 9 nitrogen and oxygen atoms in total. The van der Waals surface area contributed by atoms with Crippen LogP contribution in [0, 0.1) is 0 Å². The zero-order valence-corrected chi connectivity index (χ0v) is 15.9. The van der Waals surface area contributed by atoms with E-state index in [9.17, 15) is 24.3 Å². The predicted octanol–water partition coefficient (Wildman–Crippen LogP) is 1.26. The fraction of sp³-hybridized carbons (Fsp3) is 0.200. The van der Waals surface area contributed by atoms with Crippen molar-refractivity contribution in [3.8, 4) is 5.75 Å². The van der Waals surface area contributed by atoms with Crippen LogP contribution in [0.4, 0.5) is 5.69 Å². The van der Waals surface area contributed by atoms with Crippen molar-refractivity contribution >= 4 is 29.4 Å². The lowest BCUT2D eigenvalue weighted by Gasteiger charge is -2.11. The molecule has 0 aromatic heterocycles. The van der Waals surface area contributed by atoms with Crippen LogP contribution < -0.4 is 10.6 Å². The quantitative estimate of drug-likeness (QED) is 0.491. The Hall–Kier alpha value is -3.88. The lowest BCUT2D eigenvalue weighted by atomic mass is 10.1. The second-order valence-electron chi connectivity index (χ2n) is 5.87. The van der Waals surface area contributed by atoms with E-state index in [1.807, 2.05) is 0 Å². The fourth-order valence-electron chi connectivity index (χ4n) is 2.42. The molecule has 3 N–H and O–H groups in total. The Morgan fingerprint density at radius 2 is 1.55 bits per heavy atom. The summed E-state index contributed by atoms with van der Waals surface area (Å²) in [6, 6.07) is 10.3. The molecule has 0 unspecified atom stereocenters. The van der Waals surface area contributed by atoms with E-state index >= 15 is 0 Å². The van der Waals surface area contributed by atoms with E-state index in [0.717, 1.165) is 12.7 Å². The van der Waals surface area contributed by atoms with Gasteiger partial charge in [0.2, 0.25) is 0 Å². The molecule has 0 aliphatic rings. The Kier molecular flexibility index (Phi) is 7.30. The first kappa shape index (κ1) is 21.4. The van der Waals surface area contributed by atoms with Crippen molar-refractivity contribution in [2.45, 2.75) is 6.42 Å². The summed E-state index contributed by atoms with van der Waals surface area (Å²) in [7, 11) is 2.36. The molecule has 2 aromatic rings. The third-order valence-corrected chi connectivity index (χ3v) is 3.94. The van der Waals surface area contributed by atoms with Crippen molar-refractivity contribution in [3.63, 3.8) is 0 Å². The van der Waals surface area contributed by atoms with Crippen LogP contribution in [-0.2, 0) is 25.5 Å². The van der Waals surface area contributed by atoms with E-state index in [1.165, 1.54) is 37.4 Å². The van der Waals surface area contributed by atoms with Gasteiger partial charge in [0.05, 0.1) is 31.0 Å². The van der Waals surface area contributed by atoms with Gasteiger partial charge in [-0.15, -0.1) is 0 Å². The summed E-state index contributed by atoms with van der Waals surface area (Å²) in [5, 5.41) is 14.0. The highest BCUT2D eigenvalue weighted by molar-refractivity contribution is 6.40. The number of phenols is 1. The normalized spacial score (nSPS) is 10.0. The summed E-state index contributed by atoms with van der Waals surface area (Å²) in [6.45, 7) is 0.184. The molecule has 0 fully saturated rings. The van der Waals surface area contributed by atoms with Gasteiger partial charge >= 0.3 is 23.8 Å². The molecule has 29 heavy (non-hydrogen) atoms. The van der Waals surface area contributed by atoms with Gasteiger partial charge < -0.3 is 25.2 Å². The van der Waals surface area contributed by atoms with Crippen LogP contribution in [0.1, 0.15) is 26.3 Å². The molecule has 0 aliphatic heterocycles. The molecule has 0 radical (unpaired) electrons. The first-order valence-corrected chi connectivity index (χ1v) is 8.53. The summed E-state index contributed by atoms with van der Waals surface area (Å²) in [6.07, 6.45) is 0.449. The Labute approximate surface area is 166 Å². The van der Waals surface area contributed by atoms with Crippen LogP contribution in [0.5, 0.6) is 5.75 Å². The number of nitrogens with one attached hydrogen (secondary N) is 2. The third kappa shape index (κ3) is 5.80. The number of hydrogen-bond donors (Lipinski definition) is 3. The molecule has 0 bridgehead atoms. The summed E-state index contributed by atoms with van der Waals surface area (Å²) in [4.78, 5) is 47.8. The van der Waals surface area contributed by atoms with E-state index in [4.69, 9.17) is 0 Å². The van der Waals surface area contributed by atoms with Crippen molar-refractivity contribution in [3.05, 3.63) is 59.2 Å². The van der Waals surface area contributed by atoms with Gasteiger partial charge in [0.25, 0.3) is 0 Å². The molecule has 9 heteroatoms. The number of methoxy groups -OCH3 is 2. The molecule has 0 atom stereocenters. The van der Waals surface area contributed by atoms with Crippen LogP contribution in [0.3, 0.4) is 0 Å². The number of carbonyl (C=O) groups is 4. The summed E-state index contributed by atoms with van der Waals surface area (Å²) >= 11 is 0. The Morgan fingerprint density at radius 3 is 2.17 bits per heavy atom. The van der Waals surface area contributed by atoms with Crippen LogP contribution >= 0.6 is 0 Å². The second-order valence-corrected chi connectivity index (χ2v) is 5.87. The Bertz CT molecular complexity index is 923. The van der Waals surface area contributed by atoms with Gasteiger partial charge in [0.15, 0.2) is 0 Å². The van der Waals surface area contributed by atoms with E-state index in [0.29, 0.717) is 6.42 Å². The Balaban J connectivity index is 2.05.